The second-order valence-corrected chi connectivity index (χ2v) is 7.47. The summed E-state index contributed by atoms with van der Waals surface area (Å²) in [6, 6.07) is 20.2. The van der Waals surface area contributed by atoms with E-state index < -0.39 is 0 Å². The zero-order chi connectivity index (χ0) is 18.1. The van der Waals surface area contributed by atoms with Crippen molar-refractivity contribution >= 4 is 27.9 Å². The smallest absolute Gasteiger partial charge is 0.147 e. The molecule has 0 spiro atoms. The molecule has 3 nitrogen and oxygen atoms in total. The Morgan fingerprint density at radius 3 is 2.62 bits per heavy atom. The molecule has 130 valence electrons. The molecular formula is C22H20N2OS. The largest absolute Gasteiger partial charge is 0.505 e. The van der Waals surface area contributed by atoms with Crippen molar-refractivity contribution < 1.29 is 5.11 Å². The summed E-state index contributed by atoms with van der Waals surface area (Å²) in [5.74, 6) is 0.241. The lowest BCUT2D eigenvalue weighted by Crippen LogP contribution is -2.11. The Morgan fingerprint density at radius 1 is 1.00 bits per heavy atom. The van der Waals surface area contributed by atoms with E-state index in [9.17, 15) is 5.11 Å². The van der Waals surface area contributed by atoms with E-state index in [4.69, 9.17) is 0 Å². The zero-order valence-corrected chi connectivity index (χ0v) is 15.5. The molecule has 0 radical (unpaired) electrons. The Labute approximate surface area is 157 Å². The number of hydrogen-bond acceptors (Lipinski definition) is 4. The molecule has 2 heterocycles. The number of anilines is 1. The molecule has 2 aromatic carbocycles. The third-order valence-electron chi connectivity index (χ3n) is 4.47. The number of aromatic nitrogens is 1. The van der Waals surface area contributed by atoms with E-state index in [1.807, 2.05) is 49.4 Å². The van der Waals surface area contributed by atoms with E-state index in [0.717, 1.165) is 27.2 Å². The maximum Gasteiger partial charge on any atom is 0.147 e. The van der Waals surface area contributed by atoms with Gasteiger partial charge in [0.25, 0.3) is 0 Å². The third-order valence-corrected chi connectivity index (χ3v) is 5.41. The van der Waals surface area contributed by atoms with E-state index in [1.165, 1.54) is 5.56 Å². The maximum atomic E-state index is 11.0. The minimum Gasteiger partial charge on any atom is -0.505 e. The summed E-state index contributed by atoms with van der Waals surface area (Å²) in [5.41, 5.74) is 4.60. The van der Waals surface area contributed by atoms with Crippen molar-refractivity contribution in [2.75, 3.05) is 5.32 Å². The Morgan fingerprint density at radius 2 is 1.85 bits per heavy atom. The van der Waals surface area contributed by atoms with E-state index in [0.29, 0.717) is 5.52 Å². The van der Waals surface area contributed by atoms with Crippen molar-refractivity contribution in [1.82, 2.24) is 4.98 Å². The normalized spacial score (nSPS) is 12.2. The average Bonchev–Trinajstić information content (AvgIpc) is 3.15. The predicted octanol–water partition coefficient (Wildman–Crippen LogP) is 5.82. The summed E-state index contributed by atoms with van der Waals surface area (Å²) >= 11 is 1.67. The highest BCUT2D eigenvalue weighted by Crippen LogP contribution is 2.38. The molecule has 2 N–H and O–H groups in total. The first-order chi connectivity index (χ1) is 12.6. The Hall–Kier alpha value is -2.85. The van der Waals surface area contributed by atoms with Gasteiger partial charge in [-0.25, -0.2) is 4.98 Å². The second kappa shape index (κ2) is 6.81. The second-order valence-electron chi connectivity index (χ2n) is 6.49. The van der Waals surface area contributed by atoms with Crippen molar-refractivity contribution in [3.8, 4) is 5.75 Å². The van der Waals surface area contributed by atoms with Gasteiger partial charge in [-0.3, -0.25) is 0 Å². The number of nitrogens with one attached hydrogen (secondary N) is 1. The number of thiophene rings is 1. The number of fused-ring (bicyclic) bond motifs is 1. The van der Waals surface area contributed by atoms with Crippen LogP contribution in [0.4, 0.5) is 5.69 Å². The van der Waals surface area contributed by atoms with Crippen molar-refractivity contribution in [3.05, 3.63) is 87.7 Å². The van der Waals surface area contributed by atoms with Crippen LogP contribution in [0.15, 0.2) is 66.0 Å². The van der Waals surface area contributed by atoms with Crippen LogP contribution in [0.3, 0.4) is 0 Å². The standard InChI is InChI=1S/C22H20N2OS/c1-14-5-3-6-17(13-14)24-21(19-7-4-12-26-19)18-11-10-16-9-8-15(2)23-20(16)22(18)25/h3-13,21,24-25H,1-2H3. The number of rotatable bonds is 4. The molecular weight excluding hydrogens is 340 g/mol. The highest BCUT2D eigenvalue weighted by molar-refractivity contribution is 7.10. The first-order valence-electron chi connectivity index (χ1n) is 8.57. The lowest BCUT2D eigenvalue weighted by molar-refractivity contribution is 0.472. The van der Waals surface area contributed by atoms with Gasteiger partial charge in [0, 0.05) is 27.2 Å². The van der Waals surface area contributed by atoms with Crippen LogP contribution >= 0.6 is 11.3 Å². The average molecular weight is 360 g/mol. The molecule has 1 unspecified atom stereocenters. The number of aryl methyl sites for hydroxylation is 2. The van der Waals surface area contributed by atoms with Crippen molar-refractivity contribution in [2.24, 2.45) is 0 Å². The number of hydrogen-bond donors (Lipinski definition) is 2. The topological polar surface area (TPSA) is 45.2 Å². The monoisotopic (exact) mass is 360 g/mol. The molecule has 0 saturated carbocycles. The highest BCUT2D eigenvalue weighted by atomic mass is 32.1. The van der Waals surface area contributed by atoms with Gasteiger partial charge in [-0.15, -0.1) is 11.3 Å². The SMILES string of the molecule is Cc1cccc(NC(c2cccs2)c2ccc3ccc(C)nc3c2O)c1. The van der Waals surface area contributed by atoms with Crippen LogP contribution in [-0.4, -0.2) is 10.1 Å². The fourth-order valence-corrected chi connectivity index (χ4v) is 3.97. The quantitative estimate of drug-likeness (QED) is 0.482. The summed E-state index contributed by atoms with van der Waals surface area (Å²) in [7, 11) is 0. The van der Waals surface area contributed by atoms with Crippen molar-refractivity contribution in [2.45, 2.75) is 19.9 Å². The lowest BCUT2D eigenvalue weighted by atomic mass is 10.0. The molecule has 4 rings (SSSR count). The van der Waals surface area contributed by atoms with E-state index in [-0.39, 0.29) is 11.8 Å². The molecule has 2 aromatic heterocycles. The number of phenols is 1. The molecule has 0 saturated heterocycles. The Kier molecular flexibility index (Phi) is 4.35. The van der Waals surface area contributed by atoms with Gasteiger partial charge >= 0.3 is 0 Å². The van der Waals surface area contributed by atoms with Crippen molar-refractivity contribution in [1.29, 1.82) is 0 Å². The van der Waals surface area contributed by atoms with Crippen LogP contribution in [0.25, 0.3) is 10.9 Å². The molecule has 4 heteroatoms. The van der Waals surface area contributed by atoms with Crippen LogP contribution in [0.2, 0.25) is 0 Å². The molecule has 0 aliphatic rings. The van der Waals surface area contributed by atoms with Gasteiger partial charge in [0.2, 0.25) is 0 Å². The molecule has 4 aromatic rings. The predicted molar refractivity (Wildman–Crippen MR) is 109 cm³/mol. The highest BCUT2D eigenvalue weighted by Gasteiger charge is 2.21. The Bertz CT molecular complexity index is 1060. The van der Waals surface area contributed by atoms with Crippen LogP contribution in [0, 0.1) is 13.8 Å². The van der Waals surface area contributed by atoms with Crippen LogP contribution in [-0.2, 0) is 0 Å². The minimum absolute atomic E-state index is 0.136. The van der Waals surface area contributed by atoms with Gasteiger partial charge in [-0.05, 0) is 49.1 Å². The summed E-state index contributed by atoms with van der Waals surface area (Å²) < 4.78 is 0. The Balaban J connectivity index is 1.84. The minimum atomic E-state index is -0.136. The molecule has 0 aliphatic heterocycles. The molecule has 0 bridgehead atoms. The molecule has 0 fully saturated rings. The summed E-state index contributed by atoms with van der Waals surface area (Å²) in [6.45, 7) is 4.01. The van der Waals surface area contributed by atoms with Crippen LogP contribution in [0.1, 0.15) is 27.7 Å². The molecule has 0 amide bonds. The number of nitrogens with zero attached hydrogens (tertiary/aromatic N) is 1. The van der Waals surface area contributed by atoms with Crippen molar-refractivity contribution in [3.63, 3.8) is 0 Å². The summed E-state index contributed by atoms with van der Waals surface area (Å²) in [4.78, 5) is 5.69. The van der Waals surface area contributed by atoms with Gasteiger partial charge in [0.15, 0.2) is 0 Å². The fraction of sp³-hybridized carbons (Fsp3) is 0.136. The van der Waals surface area contributed by atoms with Gasteiger partial charge < -0.3 is 10.4 Å². The third kappa shape index (κ3) is 3.16. The molecule has 1 atom stereocenters. The lowest BCUT2D eigenvalue weighted by Gasteiger charge is -2.21. The number of phenolic OH excluding ortho intramolecular Hbond substituents is 1. The zero-order valence-electron chi connectivity index (χ0n) is 14.7. The maximum absolute atomic E-state index is 11.0. The van der Waals surface area contributed by atoms with Gasteiger partial charge in [0.05, 0.1) is 6.04 Å². The summed E-state index contributed by atoms with van der Waals surface area (Å²) in [6.07, 6.45) is 0. The van der Waals surface area contributed by atoms with E-state index in [2.05, 4.69) is 40.8 Å². The number of aromatic hydroxyl groups is 1. The summed E-state index contributed by atoms with van der Waals surface area (Å²) in [5, 5.41) is 17.6. The first-order valence-corrected chi connectivity index (χ1v) is 9.45. The number of benzene rings is 2. The molecule has 0 aliphatic carbocycles. The van der Waals surface area contributed by atoms with Crippen LogP contribution in [0.5, 0.6) is 5.75 Å². The van der Waals surface area contributed by atoms with E-state index >= 15 is 0 Å². The fourth-order valence-electron chi connectivity index (χ4n) is 3.18. The van der Waals surface area contributed by atoms with Gasteiger partial charge in [0.1, 0.15) is 11.3 Å². The van der Waals surface area contributed by atoms with Gasteiger partial charge in [-0.1, -0.05) is 36.4 Å². The van der Waals surface area contributed by atoms with Gasteiger partial charge in [-0.2, -0.15) is 0 Å². The van der Waals surface area contributed by atoms with Crippen LogP contribution < -0.4 is 5.32 Å². The first kappa shape index (κ1) is 16.6. The van der Waals surface area contributed by atoms with E-state index in [1.54, 1.807) is 11.3 Å². The number of pyridine rings is 1. The molecule has 26 heavy (non-hydrogen) atoms.